The van der Waals surface area contributed by atoms with Crippen LogP contribution in [0.25, 0.3) is 10.9 Å². The fourth-order valence-electron chi connectivity index (χ4n) is 2.62. The lowest BCUT2D eigenvalue weighted by Crippen LogP contribution is -2.13. The van der Waals surface area contributed by atoms with E-state index in [-0.39, 0.29) is 12.2 Å². The van der Waals surface area contributed by atoms with Gasteiger partial charge in [0.25, 0.3) is 0 Å². The van der Waals surface area contributed by atoms with Crippen LogP contribution in [0.5, 0.6) is 0 Å². The molecule has 0 spiro atoms. The Balaban J connectivity index is 1.77. The first-order chi connectivity index (χ1) is 11.2. The molecule has 1 aromatic heterocycles. The molecular formula is C18H16FNO3. The van der Waals surface area contributed by atoms with Crippen molar-refractivity contribution in [1.82, 2.24) is 4.57 Å². The molecule has 0 fully saturated rings. The zero-order chi connectivity index (χ0) is 16.2. The first-order valence-electron chi connectivity index (χ1n) is 7.30. The summed E-state index contributed by atoms with van der Waals surface area (Å²) in [5.74, 6) is -1.97. The van der Waals surface area contributed by atoms with E-state index in [2.05, 4.69) is 0 Å². The lowest BCUT2D eigenvalue weighted by molar-refractivity contribution is 0.0673. The second kappa shape index (κ2) is 6.62. The fourth-order valence-corrected chi connectivity index (χ4v) is 2.62. The van der Waals surface area contributed by atoms with Crippen LogP contribution in [0.2, 0.25) is 0 Å². The smallest absolute Gasteiger partial charge is 0.355 e. The van der Waals surface area contributed by atoms with Gasteiger partial charge in [-0.3, -0.25) is 0 Å². The highest BCUT2D eigenvalue weighted by molar-refractivity contribution is 5.95. The number of carboxylic acids is 1. The van der Waals surface area contributed by atoms with E-state index in [1.54, 1.807) is 24.3 Å². The lowest BCUT2D eigenvalue weighted by atomic mass is 10.2. The number of fused-ring (bicyclic) bond motifs is 1. The normalized spacial score (nSPS) is 11.0. The van der Waals surface area contributed by atoms with Crippen molar-refractivity contribution in [3.63, 3.8) is 0 Å². The lowest BCUT2D eigenvalue weighted by Gasteiger charge is -2.09. The molecule has 23 heavy (non-hydrogen) atoms. The van der Waals surface area contributed by atoms with Crippen LogP contribution in [0.1, 0.15) is 16.1 Å². The molecule has 5 heteroatoms. The summed E-state index contributed by atoms with van der Waals surface area (Å²) >= 11 is 0. The molecule has 0 aliphatic rings. The van der Waals surface area contributed by atoms with E-state index in [9.17, 15) is 14.3 Å². The standard InChI is InChI=1S/C18H16FNO3/c19-16-14-8-4-5-9-15(14)20(17(16)18(21)22)10-11-23-12-13-6-2-1-3-7-13/h1-9H,10-12H2,(H,21,22). The highest BCUT2D eigenvalue weighted by atomic mass is 19.1. The van der Waals surface area contributed by atoms with Gasteiger partial charge >= 0.3 is 5.97 Å². The highest BCUT2D eigenvalue weighted by Crippen LogP contribution is 2.24. The number of carboxylic acid groups (broad SMARTS) is 1. The van der Waals surface area contributed by atoms with E-state index in [0.717, 1.165) is 5.56 Å². The molecule has 118 valence electrons. The number of hydrogen-bond donors (Lipinski definition) is 1. The molecule has 0 aliphatic carbocycles. The predicted molar refractivity (Wildman–Crippen MR) is 85.0 cm³/mol. The molecule has 0 amide bonds. The van der Waals surface area contributed by atoms with E-state index >= 15 is 0 Å². The number of rotatable bonds is 6. The van der Waals surface area contributed by atoms with Crippen LogP contribution in [0.15, 0.2) is 54.6 Å². The van der Waals surface area contributed by atoms with Gasteiger partial charge in [0.1, 0.15) is 0 Å². The zero-order valence-corrected chi connectivity index (χ0v) is 12.4. The largest absolute Gasteiger partial charge is 0.476 e. The number of ether oxygens (including phenoxy) is 1. The molecule has 0 saturated heterocycles. The maximum absolute atomic E-state index is 14.3. The van der Waals surface area contributed by atoms with Gasteiger partial charge in [-0.05, 0) is 17.7 Å². The molecule has 1 N–H and O–H groups in total. The van der Waals surface area contributed by atoms with Gasteiger partial charge in [-0.1, -0.05) is 42.5 Å². The minimum atomic E-state index is -1.28. The Labute approximate surface area is 132 Å². The van der Waals surface area contributed by atoms with Crippen molar-refractivity contribution >= 4 is 16.9 Å². The topological polar surface area (TPSA) is 51.5 Å². The minimum absolute atomic E-state index is 0.277. The number of carbonyl (C=O) groups is 1. The number of para-hydroxylation sites is 1. The molecule has 1 heterocycles. The highest BCUT2D eigenvalue weighted by Gasteiger charge is 2.22. The molecule has 0 aliphatic heterocycles. The Hall–Kier alpha value is -2.66. The maximum Gasteiger partial charge on any atom is 0.355 e. The molecule has 4 nitrogen and oxygen atoms in total. The third-order valence-electron chi connectivity index (χ3n) is 3.68. The number of aromatic nitrogens is 1. The van der Waals surface area contributed by atoms with Gasteiger partial charge in [0.15, 0.2) is 11.5 Å². The molecule has 0 saturated carbocycles. The summed E-state index contributed by atoms with van der Waals surface area (Å²) in [4.78, 5) is 11.4. The molecule has 2 aromatic carbocycles. The SMILES string of the molecule is O=C(O)c1c(F)c2ccccc2n1CCOCc1ccccc1. The van der Waals surface area contributed by atoms with Crippen LogP contribution < -0.4 is 0 Å². The van der Waals surface area contributed by atoms with Gasteiger partial charge in [0.05, 0.1) is 18.7 Å². The first kappa shape index (κ1) is 15.2. The Bertz CT molecular complexity index is 827. The quantitative estimate of drug-likeness (QED) is 0.706. The third-order valence-corrected chi connectivity index (χ3v) is 3.68. The summed E-state index contributed by atoms with van der Waals surface area (Å²) in [5.41, 5.74) is 1.27. The Kier molecular flexibility index (Phi) is 4.39. The van der Waals surface area contributed by atoms with Gasteiger partial charge in [-0.2, -0.15) is 0 Å². The van der Waals surface area contributed by atoms with Crippen molar-refractivity contribution in [2.75, 3.05) is 6.61 Å². The average Bonchev–Trinajstić information content (AvgIpc) is 2.85. The van der Waals surface area contributed by atoms with Gasteiger partial charge in [0.2, 0.25) is 0 Å². The Morgan fingerprint density at radius 3 is 2.52 bits per heavy atom. The van der Waals surface area contributed by atoms with Gasteiger partial charge in [-0.25, -0.2) is 9.18 Å². The van der Waals surface area contributed by atoms with Gasteiger partial charge < -0.3 is 14.4 Å². The fraction of sp³-hybridized carbons (Fsp3) is 0.167. The number of hydrogen-bond acceptors (Lipinski definition) is 2. The number of aromatic carboxylic acids is 1. The number of benzene rings is 2. The second-order valence-corrected chi connectivity index (χ2v) is 5.17. The van der Waals surface area contributed by atoms with Crippen molar-refractivity contribution < 1.29 is 19.0 Å². The van der Waals surface area contributed by atoms with Crippen LogP contribution in [0.3, 0.4) is 0 Å². The predicted octanol–water partition coefficient (Wildman–Crippen LogP) is 3.70. The average molecular weight is 313 g/mol. The molecule has 3 aromatic rings. The summed E-state index contributed by atoms with van der Waals surface area (Å²) in [6, 6.07) is 16.4. The van der Waals surface area contributed by atoms with Crippen molar-refractivity contribution in [2.45, 2.75) is 13.2 Å². The minimum Gasteiger partial charge on any atom is -0.476 e. The maximum atomic E-state index is 14.3. The van der Waals surface area contributed by atoms with E-state index in [0.29, 0.717) is 24.1 Å². The third kappa shape index (κ3) is 3.10. The Morgan fingerprint density at radius 2 is 1.78 bits per heavy atom. The Morgan fingerprint density at radius 1 is 1.09 bits per heavy atom. The van der Waals surface area contributed by atoms with Crippen molar-refractivity contribution in [2.24, 2.45) is 0 Å². The summed E-state index contributed by atoms with van der Waals surface area (Å²) in [7, 11) is 0. The monoisotopic (exact) mass is 313 g/mol. The number of nitrogens with zero attached hydrogens (tertiary/aromatic N) is 1. The number of halogens is 1. The van der Waals surface area contributed by atoms with Crippen LogP contribution >= 0.6 is 0 Å². The van der Waals surface area contributed by atoms with Crippen LogP contribution in [0, 0.1) is 5.82 Å². The molecule has 0 bridgehead atoms. The van der Waals surface area contributed by atoms with E-state index in [1.165, 1.54) is 4.57 Å². The van der Waals surface area contributed by atoms with E-state index in [4.69, 9.17) is 4.74 Å². The summed E-state index contributed by atoms with van der Waals surface area (Å²) < 4.78 is 21.3. The molecule has 3 rings (SSSR count). The van der Waals surface area contributed by atoms with Crippen molar-refractivity contribution in [3.05, 3.63) is 71.7 Å². The van der Waals surface area contributed by atoms with Gasteiger partial charge in [0, 0.05) is 11.9 Å². The van der Waals surface area contributed by atoms with E-state index in [1.807, 2.05) is 30.3 Å². The van der Waals surface area contributed by atoms with Gasteiger partial charge in [-0.15, -0.1) is 0 Å². The first-order valence-corrected chi connectivity index (χ1v) is 7.30. The van der Waals surface area contributed by atoms with Crippen molar-refractivity contribution in [3.8, 4) is 0 Å². The second-order valence-electron chi connectivity index (χ2n) is 5.17. The molecule has 0 radical (unpaired) electrons. The molecule has 0 unspecified atom stereocenters. The summed E-state index contributed by atoms with van der Waals surface area (Å²) in [6.45, 7) is 1.01. The summed E-state index contributed by atoms with van der Waals surface area (Å²) in [6.07, 6.45) is 0. The molecule has 0 atom stereocenters. The molecular weight excluding hydrogens is 297 g/mol. The zero-order valence-electron chi connectivity index (χ0n) is 12.4. The van der Waals surface area contributed by atoms with Crippen LogP contribution in [-0.4, -0.2) is 22.2 Å². The summed E-state index contributed by atoms with van der Waals surface area (Å²) in [5, 5.41) is 9.59. The van der Waals surface area contributed by atoms with Crippen LogP contribution in [0.4, 0.5) is 4.39 Å². The van der Waals surface area contributed by atoms with Crippen molar-refractivity contribution in [1.29, 1.82) is 0 Å². The van der Waals surface area contributed by atoms with Crippen LogP contribution in [-0.2, 0) is 17.9 Å². The van der Waals surface area contributed by atoms with E-state index < -0.39 is 11.8 Å².